The van der Waals surface area contributed by atoms with Gasteiger partial charge in [0.25, 0.3) is 0 Å². The number of phosphoric ester groups is 2. The number of ether oxygens (including phenoxy) is 4. The van der Waals surface area contributed by atoms with E-state index in [9.17, 15) is 43.2 Å². The zero-order valence-corrected chi connectivity index (χ0v) is 64.5. The Kier molecular flexibility index (Phi) is 68.8. The Balaban J connectivity index is 5.23. The summed E-state index contributed by atoms with van der Waals surface area (Å²) in [5.74, 6) is -1.32. The van der Waals surface area contributed by atoms with E-state index in [-0.39, 0.29) is 25.7 Å². The monoisotopic (exact) mass is 1420 g/mol. The van der Waals surface area contributed by atoms with E-state index in [2.05, 4.69) is 58.9 Å². The van der Waals surface area contributed by atoms with Crippen molar-refractivity contribution in [3.8, 4) is 0 Å². The summed E-state index contributed by atoms with van der Waals surface area (Å²) in [6.07, 6.45) is 63.2. The van der Waals surface area contributed by atoms with Crippen LogP contribution in [0.1, 0.15) is 388 Å². The van der Waals surface area contributed by atoms with Crippen LogP contribution in [0.3, 0.4) is 0 Å². The lowest BCUT2D eigenvalue weighted by Gasteiger charge is -2.21. The summed E-state index contributed by atoms with van der Waals surface area (Å²) < 4.78 is 68.5. The molecule has 0 aromatic rings. The van der Waals surface area contributed by atoms with E-state index in [4.69, 9.17) is 37.0 Å². The van der Waals surface area contributed by atoms with Crippen molar-refractivity contribution in [3.05, 3.63) is 24.3 Å². The van der Waals surface area contributed by atoms with E-state index in [1.807, 2.05) is 0 Å². The van der Waals surface area contributed by atoms with Gasteiger partial charge in [-0.15, -0.1) is 0 Å². The lowest BCUT2D eigenvalue weighted by Crippen LogP contribution is -2.30. The zero-order chi connectivity index (χ0) is 71.2. The number of unbranched alkanes of at least 4 members (excludes halogenated alkanes) is 45. The Morgan fingerprint density at radius 1 is 0.320 bits per heavy atom. The molecule has 572 valence electrons. The predicted octanol–water partition coefficient (Wildman–Crippen LogP) is 22.8. The second kappa shape index (κ2) is 70.6. The number of aliphatic hydroxyl groups excluding tert-OH is 1. The third-order valence-electron chi connectivity index (χ3n) is 17.7. The molecule has 0 aliphatic heterocycles. The zero-order valence-electron chi connectivity index (χ0n) is 62.7. The maximum atomic E-state index is 13.1. The van der Waals surface area contributed by atoms with Gasteiger partial charge in [0, 0.05) is 25.7 Å². The molecule has 0 aliphatic carbocycles. The van der Waals surface area contributed by atoms with Gasteiger partial charge in [0.05, 0.1) is 26.4 Å². The van der Waals surface area contributed by atoms with Gasteiger partial charge >= 0.3 is 39.5 Å². The van der Waals surface area contributed by atoms with Crippen LogP contribution in [0.25, 0.3) is 0 Å². The molecule has 0 spiro atoms. The highest BCUT2D eigenvalue weighted by Gasteiger charge is 2.30. The minimum Gasteiger partial charge on any atom is -0.462 e. The fraction of sp³-hybridized carbons (Fsp3) is 0.897. The van der Waals surface area contributed by atoms with E-state index < -0.39 is 97.5 Å². The van der Waals surface area contributed by atoms with Crippen molar-refractivity contribution < 1.29 is 80.2 Å². The molecule has 0 heterocycles. The lowest BCUT2D eigenvalue weighted by molar-refractivity contribution is -0.161. The number of hydrogen-bond acceptors (Lipinski definition) is 15. The summed E-state index contributed by atoms with van der Waals surface area (Å²) in [6, 6.07) is 0. The molecule has 0 bridgehead atoms. The summed E-state index contributed by atoms with van der Waals surface area (Å²) in [4.78, 5) is 72.8. The SMILES string of the molecule is CCCCCC/C=C\C=C/CCCCCCCC(=O)OC[C@H](COP(=O)(O)OC[C@@H](O)COP(=O)(O)OC[C@@H](COC(=O)CCCCCCCCCCC)OC(=O)CCCCCCCCCCCCCC)OC(=O)CCCCCCCCCCCCCCCCCCCCC(C)C. The molecule has 2 unspecified atom stereocenters. The van der Waals surface area contributed by atoms with E-state index in [1.54, 1.807) is 0 Å². The van der Waals surface area contributed by atoms with Crippen LogP contribution >= 0.6 is 15.6 Å². The third kappa shape index (κ3) is 71.7. The average Bonchev–Trinajstić information content (AvgIpc) is 3.69. The van der Waals surface area contributed by atoms with Crippen molar-refractivity contribution >= 4 is 39.5 Å². The molecule has 0 saturated carbocycles. The molecule has 0 aromatic heterocycles. The second-order valence-electron chi connectivity index (χ2n) is 27.9. The van der Waals surface area contributed by atoms with Crippen LogP contribution in [0.15, 0.2) is 24.3 Å². The van der Waals surface area contributed by atoms with E-state index in [0.29, 0.717) is 25.7 Å². The van der Waals surface area contributed by atoms with Crippen LogP contribution in [0, 0.1) is 5.92 Å². The molecular weight excluding hydrogens is 1270 g/mol. The van der Waals surface area contributed by atoms with Gasteiger partial charge in [-0.05, 0) is 57.3 Å². The van der Waals surface area contributed by atoms with Crippen LogP contribution in [0.4, 0.5) is 0 Å². The number of aliphatic hydroxyl groups is 1. The number of phosphoric acid groups is 2. The topological polar surface area (TPSA) is 237 Å². The number of hydrogen-bond donors (Lipinski definition) is 3. The van der Waals surface area contributed by atoms with Crippen LogP contribution < -0.4 is 0 Å². The Hall–Kier alpha value is -2.46. The Labute approximate surface area is 592 Å². The normalized spacial score (nSPS) is 14.1. The van der Waals surface area contributed by atoms with Gasteiger partial charge in [-0.1, -0.05) is 335 Å². The average molecular weight is 1420 g/mol. The van der Waals surface area contributed by atoms with Crippen molar-refractivity contribution in [2.24, 2.45) is 5.92 Å². The van der Waals surface area contributed by atoms with E-state index >= 15 is 0 Å². The lowest BCUT2D eigenvalue weighted by atomic mass is 10.0. The smallest absolute Gasteiger partial charge is 0.462 e. The maximum absolute atomic E-state index is 13.1. The molecule has 0 aromatic carbocycles. The van der Waals surface area contributed by atoms with Gasteiger partial charge in [0.15, 0.2) is 12.2 Å². The van der Waals surface area contributed by atoms with Gasteiger partial charge in [-0.25, -0.2) is 9.13 Å². The van der Waals surface area contributed by atoms with Crippen LogP contribution in [-0.2, 0) is 65.4 Å². The first-order valence-electron chi connectivity index (χ1n) is 40.0. The largest absolute Gasteiger partial charge is 0.472 e. The molecule has 0 fully saturated rings. The standard InChI is InChI=1S/C78H148O17P2/c1-6-9-12-15-18-21-23-25-30-34-38-42-47-52-57-62-76(81)89-68-74(95-78(83)64-59-54-49-44-39-35-32-29-27-26-28-31-33-36-41-45-50-55-60-71(4)5)70-93-97(86,87)91-66-72(79)65-90-96(84,85)92-69-73(67-88-75(80)61-56-51-46-40-20-17-14-11-8-3)94-77(82)63-58-53-48-43-37-24-22-19-16-13-10-7-2/h21,23,25,30,71-74,79H,6-20,22,24,26-29,31-70H2,1-5H3,(H,84,85)(H,86,87)/b23-21-,30-25-/t72-,73+,74+/m0/s1. The van der Waals surface area contributed by atoms with Crippen molar-refractivity contribution in [1.82, 2.24) is 0 Å². The summed E-state index contributed by atoms with van der Waals surface area (Å²) in [5.41, 5.74) is 0. The first-order chi connectivity index (χ1) is 47.0. The quantitative estimate of drug-likeness (QED) is 0.0169. The minimum atomic E-state index is -4.97. The van der Waals surface area contributed by atoms with Crippen molar-refractivity contribution in [3.63, 3.8) is 0 Å². The Morgan fingerprint density at radius 3 is 0.845 bits per heavy atom. The molecule has 0 radical (unpaired) electrons. The van der Waals surface area contributed by atoms with Gasteiger partial charge in [0.2, 0.25) is 0 Å². The third-order valence-corrected chi connectivity index (χ3v) is 19.6. The maximum Gasteiger partial charge on any atom is 0.472 e. The summed E-state index contributed by atoms with van der Waals surface area (Å²) in [7, 11) is -9.92. The summed E-state index contributed by atoms with van der Waals surface area (Å²) in [6.45, 7) is 7.26. The van der Waals surface area contributed by atoms with Crippen LogP contribution in [-0.4, -0.2) is 96.7 Å². The molecule has 5 atom stereocenters. The highest BCUT2D eigenvalue weighted by atomic mass is 31.2. The first-order valence-corrected chi connectivity index (χ1v) is 42.9. The molecule has 17 nitrogen and oxygen atoms in total. The van der Waals surface area contributed by atoms with E-state index in [1.165, 1.54) is 193 Å². The highest BCUT2D eigenvalue weighted by molar-refractivity contribution is 7.47. The van der Waals surface area contributed by atoms with Crippen LogP contribution in [0.5, 0.6) is 0 Å². The molecule has 3 N–H and O–H groups in total. The summed E-state index contributed by atoms with van der Waals surface area (Å²) in [5, 5.41) is 10.6. The number of carbonyl (C=O) groups excluding carboxylic acids is 4. The molecular formula is C78H148O17P2. The fourth-order valence-electron chi connectivity index (χ4n) is 11.5. The van der Waals surface area contributed by atoms with E-state index in [0.717, 1.165) is 115 Å². The van der Waals surface area contributed by atoms with Gasteiger partial charge in [-0.2, -0.15) is 0 Å². The number of carbonyl (C=O) groups is 4. The second-order valence-corrected chi connectivity index (χ2v) is 30.8. The van der Waals surface area contributed by atoms with Crippen LogP contribution in [0.2, 0.25) is 0 Å². The molecule has 0 aliphatic rings. The highest BCUT2D eigenvalue weighted by Crippen LogP contribution is 2.45. The number of allylic oxidation sites excluding steroid dienone is 4. The fourth-order valence-corrected chi connectivity index (χ4v) is 13.1. The molecule has 0 rings (SSSR count). The van der Waals surface area contributed by atoms with Gasteiger partial charge in [-0.3, -0.25) is 37.3 Å². The summed E-state index contributed by atoms with van der Waals surface area (Å²) >= 11 is 0. The molecule has 97 heavy (non-hydrogen) atoms. The van der Waals surface area contributed by atoms with Gasteiger partial charge < -0.3 is 33.8 Å². The van der Waals surface area contributed by atoms with Crippen molar-refractivity contribution in [1.29, 1.82) is 0 Å². The number of esters is 4. The number of rotatable bonds is 76. The predicted molar refractivity (Wildman–Crippen MR) is 395 cm³/mol. The first kappa shape index (κ1) is 94.5. The minimum absolute atomic E-state index is 0.102. The van der Waals surface area contributed by atoms with Gasteiger partial charge in [0.1, 0.15) is 19.3 Å². The Bertz CT molecular complexity index is 1950. The molecule has 19 heteroatoms. The van der Waals surface area contributed by atoms with Crippen molar-refractivity contribution in [2.45, 2.75) is 406 Å². The molecule has 0 saturated heterocycles. The Morgan fingerprint density at radius 2 is 0.557 bits per heavy atom. The molecule has 0 amide bonds. The van der Waals surface area contributed by atoms with Crippen molar-refractivity contribution in [2.75, 3.05) is 39.6 Å².